The average Bonchev–Trinajstić information content (AvgIpc) is 3.00. The Kier molecular flexibility index (Phi) is 4.76. The summed E-state index contributed by atoms with van der Waals surface area (Å²) in [5.41, 5.74) is 1.73. The molecule has 0 saturated carbocycles. The highest BCUT2D eigenvalue weighted by atomic mass is 19.4. The van der Waals surface area contributed by atoms with E-state index in [1.807, 2.05) is 0 Å². The molecule has 0 bridgehead atoms. The van der Waals surface area contributed by atoms with Gasteiger partial charge in [0.15, 0.2) is 0 Å². The minimum atomic E-state index is -4.65. The fraction of sp³-hybridized carbons (Fsp3) is 0.238. The zero-order valence-electron chi connectivity index (χ0n) is 16.0. The van der Waals surface area contributed by atoms with Crippen LogP contribution in [0.5, 0.6) is 0 Å². The van der Waals surface area contributed by atoms with Crippen molar-refractivity contribution >= 4 is 5.91 Å². The van der Waals surface area contributed by atoms with E-state index < -0.39 is 23.5 Å². The van der Waals surface area contributed by atoms with Crippen LogP contribution in [0.15, 0.2) is 42.9 Å². The largest absolute Gasteiger partial charge is 0.416 e. The SMILES string of the molecule is C[C@H](c1cc(F)cc(C(F)(F)F)c1)c1cc(-c2nccc3c2CN(C)C3=O)ncn1. The number of rotatable bonds is 3. The first-order valence-corrected chi connectivity index (χ1v) is 9.08. The lowest BCUT2D eigenvalue weighted by atomic mass is 9.94. The van der Waals surface area contributed by atoms with E-state index in [1.54, 1.807) is 31.0 Å². The van der Waals surface area contributed by atoms with Crippen molar-refractivity contribution in [1.82, 2.24) is 19.9 Å². The van der Waals surface area contributed by atoms with Crippen molar-refractivity contribution in [2.45, 2.75) is 25.6 Å². The number of carbonyl (C=O) groups is 1. The summed E-state index contributed by atoms with van der Waals surface area (Å²) in [6, 6.07) is 5.69. The van der Waals surface area contributed by atoms with E-state index in [-0.39, 0.29) is 11.5 Å². The number of pyridine rings is 1. The number of amides is 1. The van der Waals surface area contributed by atoms with Crippen LogP contribution in [-0.4, -0.2) is 32.8 Å². The Morgan fingerprint density at radius 2 is 1.87 bits per heavy atom. The van der Waals surface area contributed by atoms with Gasteiger partial charge in [0.25, 0.3) is 5.91 Å². The summed E-state index contributed by atoms with van der Waals surface area (Å²) in [6.45, 7) is 2.02. The standard InChI is InChI=1S/C21H16F4N4O/c1-11(12-5-13(21(23,24)25)7-14(22)6-12)17-8-18(28-10-27-17)19-16-9-29(2)20(30)15(16)3-4-26-19/h3-8,10-11H,9H2,1-2H3/t11-/m1/s1. The molecule has 3 aromatic rings. The molecule has 0 N–H and O–H groups in total. The summed E-state index contributed by atoms with van der Waals surface area (Å²) >= 11 is 0. The van der Waals surface area contributed by atoms with Crippen molar-refractivity contribution in [2.75, 3.05) is 7.05 Å². The van der Waals surface area contributed by atoms with Crippen LogP contribution in [0, 0.1) is 5.82 Å². The van der Waals surface area contributed by atoms with E-state index in [4.69, 9.17) is 0 Å². The second kappa shape index (κ2) is 7.16. The van der Waals surface area contributed by atoms with Crippen LogP contribution in [0.2, 0.25) is 0 Å². The van der Waals surface area contributed by atoms with Gasteiger partial charge in [0.05, 0.1) is 22.6 Å². The molecule has 9 heteroatoms. The number of hydrogen-bond acceptors (Lipinski definition) is 4. The predicted octanol–water partition coefficient (Wildman–Crippen LogP) is 4.43. The van der Waals surface area contributed by atoms with Crippen molar-refractivity contribution in [3.63, 3.8) is 0 Å². The number of fused-ring (bicyclic) bond motifs is 1. The third-order valence-corrected chi connectivity index (χ3v) is 5.15. The summed E-state index contributed by atoms with van der Waals surface area (Å²) in [4.78, 5) is 26.5. The molecule has 154 valence electrons. The van der Waals surface area contributed by atoms with E-state index in [9.17, 15) is 22.4 Å². The zero-order valence-corrected chi connectivity index (χ0v) is 16.0. The first-order chi connectivity index (χ1) is 14.1. The summed E-state index contributed by atoms with van der Waals surface area (Å²) in [5.74, 6) is -1.70. The first-order valence-electron chi connectivity index (χ1n) is 9.08. The molecule has 30 heavy (non-hydrogen) atoms. The summed E-state index contributed by atoms with van der Waals surface area (Å²) in [6.07, 6.45) is -1.86. The molecule has 0 spiro atoms. The molecule has 0 radical (unpaired) electrons. The molecule has 1 aromatic carbocycles. The van der Waals surface area contributed by atoms with Gasteiger partial charge in [0.1, 0.15) is 12.1 Å². The number of halogens is 4. The number of nitrogens with zero attached hydrogens (tertiary/aromatic N) is 4. The maximum absolute atomic E-state index is 13.8. The minimum absolute atomic E-state index is 0.115. The van der Waals surface area contributed by atoms with Crippen LogP contribution in [0.1, 0.15) is 45.6 Å². The van der Waals surface area contributed by atoms with Crippen LogP contribution < -0.4 is 0 Å². The van der Waals surface area contributed by atoms with Gasteiger partial charge in [-0.15, -0.1) is 0 Å². The van der Waals surface area contributed by atoms with E-state index >= 15 is 0 Å². The quantitative estimate of drug-likeness (QED) is 0.593. The highest BCUT2D eigenvalue weighted by Crippen LogP contribution is 2.34. The van der Waals surface area contributed by atoms with Gasteiger partial charge in [-0.3, -0.25) is 9.78 Å². The number of carbonyl (C=O) groups excluding carboxylic acids is 1. The van der Waals surface area contributed by atoms with Crippen LogP contribution in [0.3, 0.4) is 0 Å². The lowest BCUT2D eigenvalue weighted by Gasteiger charge is -2.15. The number of aromatic nitrogens is 3. The molecule has 1 atom stereocenters. The van der Waals surface area contributed by atoms with E-state index in [1.165, 1.54) is 12.5 Å². The molecule has 0 fully saturated rings. The van der Waals surface area contributed by atoms with Gasteiger partial charge in [-0.2, -0.15) is 13.2 Å². The molecular formula is C21H16F4N4O. The summed E-state index contributed by atoms with van der Waals surface area (Å²) in [5, 5.41) is 0. The second-order valence-electron chi connectivity index (χ2n) is 7.17. The van der Waals surface area contributed by atoms with E-state index in [0.29, 0.717) is 35.3 Å². The smallest absolute Gasteiger partial charge is 0.337 e. The van der Waals surface area contributed by atoms with Gasteiger partial charge in [-0.25, -0.2) is 14.4 Å². The molecule has 2 aromatic heterocycles. The molecule has 1 aliphatic heterocycles. The monoisotopic (exact) mass is 416 g/mol. The van der Waals surface area contributed by atoms with Crippen molar-refractivity contribution < 1.29 is 22.4 Å². The van der Waals surface area contributed by atoms with Crippen LogP contribution in [-0.2, 0) is 12.7 Å². The maximum Gasteiger partial charge on any atom is 0.416 e. The fourth-order valence-electron chi connectivity index (χ4n) is 3.52. The topological polar surface area (TPSA) is 59.0 Å². The Bertz CT molecular complexity index is 1150. The Morgan fingerprint density at radius 3 is 2.60 bits per heavy atom. The highest BCUT2D eigenvalue weighted by Gasteiger charge is 2.32. The molecule has 4 rings (SSSR count). The summed E-state index contributed by atoms with van der Waals surface area (Å²) < 4.78 is 53.0. The van der Waals surface area contributed by atoms with Gasteiger partial charge in [0.2, 0.25) is 0 Å². The van der Waals surface area contributed by atoms with Crippen molar-refractivity contribution in [2.24, 2.45) is 0 Å². The molecule has 1 aliphatic rings. The fourth-order valence-corrected chi connectivity index (χ4v) is 3.52. The Morgan fingerprint density at radius 1 is 1.10 bits per heavy atom. The summed E-state index contributed by atoms with van der Waals surface area (Å²) in [7, 11) is 1.68. The Labute approximate surface area is 169 Å². The molecule has 5 nitrogen and oxygen atoms in total. The molecule has 0 unspecified atom stereocenters. The number of alkyl halides is 3. The number of benzene rings is 1. The first kappa shape index (κ1) is 19.9. The molecule has 3 heterocycles. The predicted molar refractivity (Wildman–Crippen MR) is 100.0 cm³/mol. The van der Waals surface area contributed by atoms with Crippen molar-refractivity contribution in [1.29, 1.82) is 0 Å². The molecule has 0 saturated heterocycles. The number of hydrogen-bond donors (Lipinski definition) is 0. The second-order valence-corrected chi connectivity index (χ2v) is 7.17. The van der Waals surface area contributed by atoms with Crippen LogP contribution in [0.25, 0.3) is 11.4 Å². The molecular weight excluding hydrogens is 400 g/mol. The van der Waals surface area contributed by atoms with E-state index in [2.05, 4.69) is 15.0 Å². The van der Waals surface area contributed by atoms with Gasteiger partial charge in [-0.1, -0.05) is 6.92 Å². The molecule has 0 aliphatic carbocycles. The third-order valence-electron chi connectivity index (χ3n) is 5.15. The average molecular weight is 416 g/mol. The lowest BCUT2D eigenvalue weighted by Crippen LogP contribution is -2.17. The molecule has 1 amide bonds. The van der Waals surface area contributed by atoms with E-state index in [0.717, 1.165) is 17.7 Å². The van der Waals surface area contributed by atoms with Crippen molar-refractivity contribution in [3.8, 4) is 11.4 Å². The zero-order chi connectivity index (χ0) is 21.6. The van der Waals surface area contributed by atoms with Gasteiger partial charge in [-0.05, 0) is 35.9 Å². The van der Waals surface area contributed by atoms with Crippen LogP contribution >= 0.6 is 0 Å². The Balaban J connectivity index is 1.74. The van der Waals surface area contributed by atoms with Gasteiger partial charge in [0, 0.05) is 36.8 Å². The van der Waals surface area contributed by atoms with Crippen molar-refractivity contribution in [3.05, 3.63) is 76.6 Å². The highest BCUT2D eigenvalue weighted by molar-refractivity contribution is 5.99. The van der Waals surface area contributed by atoms with Crippen LogP contribution in [0.4, 0.5) is 17.6 Å². The third kappa shape index (κ3) is 3.51. The van der Waals surface area contributed by atoms with Gasteiger partial charge >= 0.3 is 6.18 Å². The maximum atomic E-state index is 13.8. The normalized spacial score (nSPS) is 14.7. The van der Waals surface area contributed by atoms with Gasteiger partial charge < -0.3 is 4.90 Å². The minimum Gasteiger partial charge on any atom is -0.337 e. The lowest BCUT2D eigenvalue weighted by molar-refractivity contribution is -0.137. The Hall–Kier alpha value is -3.36.